The standard InChI is InChI=1S/C15H21N3S/c1-11(2)12-8-14(18-10-17-12)16-9-15(3,4)13-6-5-7-19-13/h5-8,10-11H,9H2,1-4H3,(H,16,17,18). The van der Waals surface area contributed by atoms with Crippen molar-refractivity contribution in [2.24, 2.45) is 0 Å². The van der Waals surface area contributed by atoms with Crippen molar-refractivity contribution >= 4 is 17.2 Å². The predicted molar refractivity (Wildman–Crippen MR) is 82.0 cm³/mol. The van der Waals surface area contributed by atoms with E-state index in [4.69, 9.17) is 0 Å². The minimum atomic E-state index is 0.108. The lowest BCUT2D eigenvalue weighted by molar-refractivity contribution is 0.568. The minimum Gasteiger partial charge on any atom is -0.369 e. The fourth-order valence-electron chi connectivity index (χ4n) is 1.85. The average Bonchev–Trinajstić information content (AvgIpc) is 2.91. The fourth-order valence-corrected chi connectivity index (χ4v) is 2.70. The summed E-state index contributed by atoms with van der Waals surface area (Å²) in [4.78, 5) is 9.96. The zero-order valence-electron chi connectivity index (χ0n) is 12.0. The molecule has 0 amide bonds. The van der Waals surface area contributed by atoms with E-state index in [1.807, 2.05) is 6.07 Å². The van der Waals surface area contributed by atoms with Crippen LogP contribution in [0.4, 0.5) is 5.82 Å². The van der Waals surface area contributed by atoms with E-state index in [0.717, 1.165) is 18.1 Å². The minimum absolute atomic E-state index is 0.108. The van der Waals surface area contributed by atoms with Crippen LogP contribution >= 0.6 is 11.3 Å². The maximum absolute atomic E-state index is 4.29. The van der Waals surface area contributed by atoms with Gasteiger partial charge >= 0.3 is 0 Å². The molecular weight excluding hydrogens is 254 g/mol. The molecule has 2 aromatic heterocycles. The molecule has 0 aliphatic rings. The van der Waals surface area contributed by atoms with Gasteiger partial charge in [0.2, 0.25) is 0 Å². The Labute approximate surface area is 119 Å². The van der Waals surface area contributed by atoms with E-state index >= 15 is 0 Å². The third-order valence-corrected chi connectivity index (χ3v) is 4.42. The zero-order chi connectivity index (χ0) is 13.9. The molecule has 2 heterocycles. The molecule has 0 radical (unpaired) electrons. The highest BCUT2D eigenvalue weighted by Gasteiger charge is 2.21. The lowest BCUT2D eigenvalue weighted by atomic mass is 9.91. The van der Waals surface area contributed by atoms with Gasteiger partial charge in [-0.25, -0.2) is 9.97 Å². The predicted octanol–water partition coefficient (Wildman–Crippen LogP) is 4.05. The summed E-state index contributed by atoms with van der Waals surface area (Å²) in [5.41, 5.74) is 1.18. The molecule has 0 aliphatic carbocycles. The molecule has 0 bridgehead atoms. The summed E-state index contributed by atoms with van der Waals surface area (Å²) < 4.78 is 0. The van der Waals surface area contributed by atoms with Crippen molar-refractivity contribution in [3.8, 4) is 0 Å². The van der Waals surface area contributed by atoms with Crippen LogP contribution in [-0.4, -0.2) is 16.5 Å². The van der Waals surface area contributed by atoms with Crippen LogP contribution in [0.1, 0.15) is 44.2 Å². The molecule has 0 aromatic carbocycles. The van der Waals surface area contributed by atoms with Crippen LogP contribution in [0.3, 0.4) is 0 Å². The van der Waals surface area contributed by atoms with Crippen molar-refractivity contribution < 1.29 is 0 Å². The second-order valence-corrected chi connectivity index (χ2v) is 6.65. The molecule has 0 saturated heterocycles. The van der Waals surface area contributed by atoms with E-state index < -0.39 is 0 Å². The van der Waals surface area contributed by atoms with Gasteiger partial charge in [-0.2, -0.15) is 0 Å². The van der Waals surface area contributed by atoms with Crippen LogP contribution in [0.2, 0.25) is 0 Å². The molecule has 4 heteroatoms. The maximum Gasteiger partial charge on any atom is 0.129 e. The molecule has 0 spiro atoms. The highest BCUT2D eigenvalue weighted by atomic mass is 32.1. The molecule has 2 aromatic rings. The van der Waals surface area contributed by atoms with Gasteiger partial charge in [0.05, 0.1) is 0 Å². The summed E-state index contributed by atoms with van der Waals surface area (Å²) in [7, 11) is 0. The van der Waals surface area contributed by atoms with Crippen molar-refractivity contribution in [3.63, 3.8) is 0 Å². The third kappa shape index (κ3) is 3.53. The van der Waals surface area contributed by atoms with Crippen molar-refractivity contribution in [2.45, 2.75) is 39.0 Å². The number of thiophene rings is 1. The van der Waals surface area contributed by atoms with Crippen LogP contribution in [0, 0.1) is 0 Å². The van der Waals surface area contributed by atoms with E-state index in [1.165, 1.54) is 4.88 Å². The van der Waals surface area contributed by atoms with Crippen LogP contribution in [0.25, 0.3) is 0 Å². The molecule has 1 N–H and O–H groups in total. The summed E-state index contributed by atoms with van der Waals surface area (Å²) >= 11 is 1.80. The maximum atomic E-state index is 4.29. The number of nitrogens with one attached hydrogen (secondary N) is 1. The first-order valence-corrected chi connectivity index (χ1v) is 7.47. The van der Waals surface area contributed by atoms with E-state index in [2.05, 4.69) is 60.5 Å². The van der Waals surface area contributed by atoms with Crippen molar-refractivity contribution in [1.29, 1.82) is 0 Å². The van der Waals surface area contributed by atoms with E-state index in [9.17, 15) is 0 Å². The van der Waals surface area contributed by atoms with Gasteiger partial charge in [0.25, 0.3) is 0 Å². The second-order valence-electron chi connectivity index (χ2n) is 5.70. The lowest BCUT2D eigenvalue weighted by Crippen LogP contribution is -2.27. The van der Waals surface area contributed by atoms with Gasteiger partial charge in [-0.05, 0) is 17.4 Å². The van der Waals surface area contributed by atoms with Crippen LogP contribution < -0.4 is 5.32 Å². The largest absolute Gasteiger partial charge is 0.369 e. The monoisotopic (exact) mass is 275 g/mol. The molecule has 102 valence electrons. The van der Waals surface area contributed by atoms with Crippen molar-refractivity contribution in [2.75, 3.05) is 11.9 Å². The van der Waals surface area contributed by atoms with Crippen LogP contribution in [-0.2, 0) is 5.41 Å². The Balaban J connectivity index is 2.04. The fraction of sp³-hybridized carbons (Fsp3) is 0.467. The van der Waals surface area contributed by atoms with Gasteiger partial charge in [0.15, 0.2) is 0 Å². The molecule has 0 atom stereocenters. The first-order chi connectivity index (χ1) is 8.99. The third-order valence-electron chi connectivity index (χ3n) is 3.18. The second kappa shape index (κ2) is 5.70. The lowest BCUT2D eigenvalue weighted by Gasteiger charge is -2.24. The first-order valence-electron chi connectivity index (χ1n) is 6.59. The molecule has 0 aliphatic heterocycles. The SMILES string of the molecule is CC(C)c1cc(NCC(C)(C)c2cccs2)ncn1. The average molecular weight is 275 g/mol. The Morgan fingerprint density at radius 2 is 2.11 bits per heavy atom. The zero-order valence-corrected chi connectivity index (χ0v) is 12.8. The van der Waals surface area contributed by atoms with E-state index in [-0.39, 0.29) is 5.41 Å². The van der Waals surface area contributed by atoms with Gasteiger partial charge in [-0.1, -0.05) is 33.8 Å². The molecule has 0 saturated carbocycles. The summed E-state index contributed by atoms with van der Waals surface area (Å²) in [6.07, 6.45) is 1.63. The summed E-state index contributed by atoms with van der Waals surface area (Å²) in [6.45, 7) is 9.64. The van der Waals surface area contributed by atoms with E-state index in [1.54, 1.807) is 17.7 Å². The number of hydrogen-bond donors (Lipinski definition) is 1. The number of anilines is 1. The highest BCUT2D eigenvalue weighted by Crippen LogP contribution is 2.27. The Morgan fingerprint density at radius 1 is 1.32 bits per heavy atom. The normalized spacial score (nSPS) is 11.8. The van der Waals surface area contributed by atoms with Crippen molar-refractivity contribution in [1.82, 2.24) is 9.97 Å². The van der Waals surface area contributed by atoms with Crippen LogP contribution in [0.15, 0.2) is 29.9 Å². The van der Waals surface area contributed by atoms with Gasteiger partial charge < -0.3 is 5.32 Å². The Morgan fingerprint density at radius 3 is 2.74 bits per heavy atom. The van der Waals surface area contributed by atoms with Gasteiger partial charge in [-0.15, -0.1) is 11.3 Å². The summed E-state index contributed by atoms with van der Waals surface area (Å²) in [6, 6.07) is 6.32. The molecule has 0 fully saturated rings. The number of aromatic nitrogens is 2. The van der Waals surface area contributed by atoms with Gasteiger partial charge in [0, 0.05) is 28.6 Å². The van der Waals surface area contributed by atoms with Gasteiger partial charge in [-0.3, -0.25) is 0 Å². The quantitative estimate of drug-likeness (QED) is 0.894. The van der Waals surface area contributed by atoms with Crippen molar-refractivity contribution in [3.05, 3.63) is 40.5 Å². The first kappa shape index (κ1) is 14.0. The summed E-state index contributed by atoms with van der Waals surface area (Å²) in [5, 5.41) is 5.55. The summed E-state index contributed by atoms with van der Waals surface area (Å²) in [5.74, 6) is 1.33. The van der Waals surface area contributed by atoms with Crippen LogP contribution in [0.5, 0.6) is 0 Å². The molecular formula is C15H21N3S. The molecule has 3 nitrogen and oxygen atoms in total. The molecule has 19 heavy (non-hydrogen) atoms. The van der Waals surface area contributed by atoms with E-state index in [0.29, 0.717) is 5.92 Å². The highest BCUT2D eigenvalue weighted by molar-refractivity contribution is 7.10. The topological polar surface area (TPSA) is 37.8 Å². The van der Waals surface area contributed by atoms with Gasteiger partial charge in [0.1, 0.15) is 12.1 Å². The smallest absolute Gasteiger partial charge is 0.129 e. The Hall–Kier alpha value is -1.42. The molecule has 2 rings (SSSR count). The number of rotatable bonds is 5. The number of hydrogen-bond acceptors (Lipinski definition) is 4. The molecule has 0 unspecified atom stereocenters. The Kier molecular flexibility index (Phi) is 4.20. The number of nitrogens with zero attached hydrogens (tertiary/aromatic N) is 2. The Bertz CT molecular complexity index is 518.